The van der Waals surface area contributed by atoms with Gasteiger partial charge in [0.15, 0.2) is 17.5 Å². The molecule has 0 saturated carbocycles. The Balaban J connectivity index is 2.24. The van der Waals surface area contributed by atoms with E-state index in [2.05, 4.69) is 5.32 Å². The van der Waals surface area contributed by atoms with E-state index in [4.69, 9.17) is 0 Å². The Morgan fingerprint density at radius 3 is 2.36 bits per heavy atom. The third-order valence-electron chi connectivity index (χ3n) is 3.18. The summed E-state index contributed by atoms with van der Waals surface area (Å²) in [4.78, 5) is 12.1. The molecule has 0 fully saturated rings. The molecule has 1 amide bonds. The van der Waals surface area contributed by atoms with Crippen molar-refractivity contribution in [2.45, 2.75) is 13.0 Å². The molecule has 116 valence electrons. The molecule has 0 heterocycles. The Labute approximate surface area is 125 Å². The smallest absolute Gasteiger partial charge is 0.251 e. The van der Waals surface area contributed by atoms with Crippen LogP contribution in [0.1, 0.15) is 27.5 Å². The van der Waals surface area contributed by atoms with Crippen LogP contribution in [0.15, 0.2) is 36.4 Å². The molecule has 0 spiro atoms. The summed E-state index contributed by atoms with van der Waals surface area (Å²) >= 11 is 0. The second-order valence-electron chi connectivity index (χ2n) is 4.88. The first-order valence-electron chi connectivity index (χ1n) is 6.55. The fraction of sp³-hybridized carbons (Fsp3) is 0.188. The first-order valence-corrected chi connectivity index (χ1v) is 6.55. The number of nitrogens with one attached hydrogen (secondary N) is 1. The van der Waals surface area contributed by atoms with E-state index in [1.54, 1.807) is 18.2 Å². The number of carbonyl (C=O) groups is 1. The van der Waals surface area contributed by atoms with Gasteiger partial charge >= 0.3 is 0 Å². The molecule has 2 rings (SSSR count). The van der Waals surface area contributed by atoms with Crippen molar-refractivity contribution in [3.63, 3.8) is 0 Å². The Morgan fingerprint density at radius 2 is 1.82 bits per heavy atom. The lowest BCUT2D eigenvalue weighted by Crippen LogP contribution is -2.31. The number of hydrogen-bond acceptors (Lipinski definition) is 2. The molecular weight excluding hydrogens is 295 g/mol. The highest BCUT2D eigenvalue weighted by atomic mass is 19.2. The molecular formula is C16H14F3NO2. The van der Waals surface area contributed by atoms with Crippen molar-refractivity contribution >= 4 is 5.91 Å². The van der Waals surface area contributed by atoms with E-state index in [9.17, 15) is 23.1 Å². The lowest BCUT2D eigenvalue weighted by atomic mass is 10.1. The van der Waals surface area contributed by atoms with Gasteiger partial charge in [0.05, 0.1) is 12.6 Å². The van der Waals surface area contributed by atoms with Crippen LogP contribution >= 0.6 is 0 Å². The summed E-state index contributed by atoms with van der Waals surface area (Å²) in [6, 6.07) is 7.15. The fourth-order valence-corrected chi connectivity index (χ4v) is 2.04. The maximum Gasteiger partial charge on any atom is 0.251 e. The minimum absolute atomic E-state index is 0.0556. The highest BCUT2D eigenvalue weighted by Crippen LogP contribution is 2.20. The second kappa shape index (κ2) is 6.62. The lowest BCUT2D eigenvalue weighted by molar-refractivity contribution is 0.0915. The normalized spacial score (nSPS) is 12.0. The average molecular weight is 309 g/mol. The van der Waals surface area contributed by atoms with Gasteiger partial charge in [0.1, 0.15) is 0 Å². The van der Waals surface area contributed by atoms with Crippen LogP contribution in [0.3, 0.4) is 0 Å². The number of halogens is 3. The molecule has 0 aliphatic carbocycles. The van der Waals surface area contributed by atoms with E-state index in [0.29, 0.717) is 5.56 Å². The largest absolute Gasteiger partial charge is 0.394 e. The summed E-state index contributed by atoms with van der Waals surface area (Å²) in [5.41, 5.74) is 1.16. The summed E-state index contributed by atoms with van der Waals surface area (Å²) < 4.78 is 39.4. The zero-order chi connectivity index (χ0) is 16.3. The molecule has 1 unspecified atom stereocenters. The molecule has 2 aromatic rings. The van der Waals surface area contributed by atoms with E-state index in [1.807, 2.05) is 13.0 Å². The number of hydrogen-bond donors (Lipinski definition) is 2. The maximum atomic E-state index is 13.2. The van der Waals surface area contributed by atoms with Crippen LogP contribution in [-0.2, 0) is 0 Å². The summed E-state index contributed by atoms with van der Waals surface area (Å²) in [5.74, 6) is -4.85. The number of amides is 1. The molecule has 0 radical (unpaired) electrons. The van der Waals surface area contributed by atoms with Gasteiger partial charge in [0, 0.05) is 5.56 Å². The van der Waals surface area contributed by atoms with E-state index in [-0.39, 0.29) is 5.56 Å². The highest BCUT2D eigenvalue weighted by molar-refractivity contribution is 5.94. The van der Waals surface area contributed by atoms with Gasteiger partial charge in [-0.3, -0.25) is 4.79 Å². The second-order valence-corrected chi connectivity index (χ2v) is 4.88. The van der Waals surface area contributed by atoms with Gasteiger partial charge in [-0.25, -0.2) is 13.2 Å². The van der Waals surface area contributed by atoms with Gasteiger partial charge in [0.2, 0.25) is 0 Å². The van der Waals surface area contributed by atoms with Crippen molar-refractivity contribution in [1.82, 2.24) is 5.32 Å². The minimum Gasteiger partial charge on any atom is -0.394 e. The molecule has 2 aromatic carbocycles. The highest BCUT2D eigenvalue weighted by Gasteiger charge is 2.19. The zero-order valence-electron chi connectivity index (χ0n) is 11.7. The molecule has 6 heteroatoms. The van der Waals surface area contributed by atoms with E-state index in [0.717, 1.165) is 17.7 Å². The summed E-state index contributed by atoms with van der Waals surface area (Å²) in [5, 5.41) is 11.8. The zero-order valence-corrected chi connectivity index (χ0v) is 11.7. The Morgan fingerprint density at radius 1 is 1.18 bits per heavy atom. The van der Waals surface area contributed by atoms with Gasteiger partial charge in [-0.15, -0.1) is 0 Å². The quantitative estimate of drug-likeness (QED) is 0.853. The summed E-state index contributed by atoms with van der Waals surface area (Å²) in [7, 11) is 0. The molecule has 0 aromatic heterocycles. The number of rotatable bonds is 4. The predicted octanol–water partition coefficient (Wildman–Crippen LogP) is 2.88. The van der Waals surface area contributed by atoms with Gasteiger partial charge < -0.3 is 10.4 Å². The van der Waals surface area contributed by atoms with Crippen molar-refractivity contribution in [3.05, 3.63) is 70.5 Å². The van der Waals surface area contributed by atoms with Crippen LogP contribution in [0.25, 0.3) is 0 Å². The Bertz CT molecular complexity index is 681. The van der Waals surface area contributed by atoms with Crippen LogP contribution < -0.4 is 5.32 Å². The van der Waals surface area contributed by atoms with Crippen LogP contribution in [-0.4, -0.2) is 17.6 Å². The van der Waals surface area contributed by atoms with Gasteiger partial charge in [0.25, 0.3) is 5.91 Å². The van der Waals surface area contributed by atoms with Gasteiger partial charge in [-0.1, -0.05) is 17.7 Å². The molecule has 1 atom stereocenters. The third-order valence-corrected chi connectivity index (χ3v) is 3.18. The van der Waals surface area contributed by atoms with E-state index in [1.165, 1.54) is 0 Å². The van der Waals surface area contributed by atoms with Crippen LogP contribution in [0.4, 0.5) is 13.2 Å². The monoisotopic (exact) mass is 309 g/mol. The van der Waals surface area contributed by atoms with E-state index < -0.39 is 36.0 Å². The standard InChI is InChI=1S/C16H14F3NO2/c1-9-3-2-4-10(5-9)16(22)20-14(8-21)11-6-12(17)15(19)13(18)7-11/h2-7,14,21H,8H2,1H3,(H,20,22). The van der Waals surface area contributed by atoms with Gasteiger partial charge in [-0.05, 0) is 36.8 Å². The molecule has 0 aliphatic heterocycles. The predicted molar refractivity (Wildman–Crippen MR) is 74.8 cm³/mol. The summed E-state index contributed by atoms with van der Waals surface area (Å²) in [6.07, 6.45) is 0. The minimum atomic E-state index is -1.59. The van der Waals surface area contributed by atoms with Crippen LogP contribution in [0, 0.1) is 24.4 Å². The lowest BCUT2D eigenvalue weighted by Gasteiger charge is -2.17. The number of benzene rings is 2. The van der Waals surface area contributed by atoms with Crippen molar-refractivity contribution in [1.29, 1.82) is 0 Å². The topological polar surface area (TPSA) is 49.3 Å². The Kier molecular flexibility index (Phi) is 4.82. The first kappa shape index (κ1) is 16.0. The van der Waals surface area contributed by atoms with Gasteiger partial charge in [-0.2, -0.15) is 0 Å². The first-order chi connectivity index (χ1) is 10.4. The van der Waals surface area contributed by atoms with E-state index >= 15 is 0 Å². The molecule has 22 heavy (non-hydrogen) atoms. The van der Waals surface area contributed by atoms with Crippen LogP contribution in [0.2, 0.25) is 0 Å². The third kappa shape index (κ3) is 3.46. The number of aliphatic hydroxyl groups excluding tert-OH is 1. The molecule has 0 aliphatic rings. The average Bonchev–Trinajstić information content (AvgIpc) is 2.49. The SMILES string of the molecule is Cc1cccc(C(=O)NC(CO)c2cc(F)c(F)c(F)c2)c1. The molecule has 3 nitrogen and oxygen atoms in total. The number of carbonyl (C=O) groups excluding carboxylic acids is 1. The maximum absolute atomic E-state index is 13.2. The summed E-state index contributed by atoms with van der Waals surface area (Å²) in [6.45, 7) is 1.23. The van der Waals surface area contributed by atoms with Crippen molar-refractivity contribution < 1.29 is 23.1 Å². The number of aliphatic hydroxyl groups is 1. The molecule has 0 saturated heterocycles. The van der Waals surface area contributed by atoms with Crippen molar-refractivity contribution in [2.75, 3.05) is 6.61 Å². The Hall–Kier alpha value is -2.34. The molecule has 2 N–H and O–H groups in total. The fourth-order valence-electron chi connectivity index (χ4n) is 2.04. The molecule has 0 bridgehead atoms. The van der Waals surface area contributed by atoms with Crippen molar-refractivity contribution in [2.24, 2.45) is 0 Å². The number of aryl methyl sites for hydroxylation is 1. The van der Waals surface area contributed by atoms with Crippen molar-refractivity contribution in [3.8, 4) is 0 Å². The van der Waals surface area contributed by atoms with Crippen LogP contribution in [0.5, 0.6) is 0 Å².